The highest BCUT2D eigenvalue weighted by Crippen LogP contribution is 2.41. The highest BCUT2D eigenvalue weighted by atomic mass is 32.2. The number of nitrogens with zero attached hydrogens (tertiary/aromatic N) is 5. The Hall–Kier alpha value is -2.67. The molecule has 4 rings (SSSR count). The Labute approximate surface area is 224 Å². The largest absolute Gasteiger partial charge is 0.477 e. The first kappa shape index (κ1) is 26.4. The van der Waals surface area contributed by atoms with Gasteiger partial charge < -0.3 is 20.6 Å². The summed E-state index contributed by atoms with van der Waals surface area (Å²) in [5.41, 5.74) is 2.08. The minimum Gasteiger partial charge on any atom is -0.477 e. The molecule has 1 fully saturated rings. The molecule has 18 heteroatoms. The van der Waals surface area contributed by atoms with Crippen molar-refractivity contribution in [3.8, 4) is 0 Å². The van der Waals surface area contributed by atoms with E-state index in [9.17, 15) is 24.3 Å². The van der Waals surface area contributed by atoms with Gasteiger partial charge >= 0.3 is 5.97 Å². The standard InChI is InChI=1S/C18H17N7O6S5/c1-32-7-31-24-10(9-4-34-17(21-9)19-5-26)13(27)22-11-14(28)25-12(16(29)30)8(2-33-15(11)25)3-35-18-23-20-6-36-18/h4-6,11,15H,2-3,7H2,1H3,(H,22,27)(H,29,30)(H,19,21,26)/b24-10-/t11?,15-/m1/s1. The molecule has 1 unspecified atom stereocenters. The van der Waals surface area contributed by atoms with Gasteiger partial charge in [-0.25, -0.2) is 9.78 Å². The Balaban J connectivity index is 1.49. The fraction of sp³-hybridized carbons (Fsp3) is 0.333. The van der Waals surface area contributed by atoms with Crippen molar-refractivity contribution in [1.82, 2.24) is 25.4 Å². The molecule has 36 heavy (non-hydrogen) atoms. The quantitative estimate of drug-likeness (QED) is 0.0615. The van der Waals surface area contributed by atoms with Gasteiger partial charge in [0.1, 0.15) is 28.3 Å². The van der Waals surface area contributed by atoms with Crippen LogP contribution in [-0.2, 0) is 24.0 Å². The lowest BCUT2D eigenvalue weighted by Crippen LogP contribution is -2.71. The highest BCUT2D eigenvalue weighted by Gasteiger charge is 2.54. The van der Waals surface area contributed by atoms with Gasteiger partial charge in [0.2, 0.25) is 6.41 Å². The molecule has 0 bridgehead atoms. The lowest BCUT2D eigenvalue weighted by molar-refractivity contribution is -0.150. The Morgan fingerprint density at radius 1 is 1.42 bits per heavy atom. The number of carbonyl (C=O) groups excluding carboxylic acids is 3. The molecule has 0 radical (unpaired) electrons. The van der Waals surface area contributed by atoms with E-state index < -0.39 is 29.2 Å². The number of β-lactam (4-membered cyclic amide) rings is 1. The van der Waals surface area contributed by atoms with E-state index in [0.717, 1.165) is 11.3 Å². The molecule has 1 saturated heterocycles. The van der Waals surface area contributed by atoms with E-state index in [1.807, 2.05) is 0 Å². The zero-order valence-corrected chi connectivity index (χ0v) is 22.4. The molecular formula is C18H17N7O6S5. The van der Waals surface area contributed by atoms with Gasteiger partial charge in [0.05, 0.1) is 0 Å². The van der Waals surface area contributed by atoms with Crippen molar-refractivity contribution in [2.45, 2.75) is 15.8 Å². The lowest BCUT2D eigenvalue weighted by Gasteiger charge is -2.49. The third-order valence-electron chi connectivity index (χ3n) is 4.72. The van der Waals surface area contributed by atoms with E-state index in [1.165, 1.54) is 56.9 Å². The Morgan fingerprint density at radius 3 is 2.94 bits per heavy atom. The molecule has 0 saturated carbocycles. The molecule has 0 aliphatic carbocycles. The predicted molar refractivity (Wildman–Crippen MR) is 138 cm³/mol. The molecule has 13 nitrogen and oxygen atoms in total. The molecule has 0 aromatic carbocycles. The maximum atomic E-state index is 13.1. The van der Waals surface area contributed by atoms with Crippen LogP contribution < -0.4 is 10.6 Å². The molecular weight excluding hydrogens is 571 g/mol. The first-order valence-corrected chi connectivity index (χ1v) is 15.1. The fourth-order valence-corrected chi connectivity index (χ4v) is 7.01. The average Bonchev–Trinajstić information content (AvgIpc) is 3.55. The normalized spacial score (nSPS) is 19.4. The second-order valence-electron chi connectivity index (χ2n) is 6.89. The Bertz CT molecular complexity index is 1220. The van der Waals surface area contributed by atoms with E-state index in [-0.39, 0.29) is 28.2 Å². The van der Waals surface area contributed by atoms with Crippen molar-refractivity contribution in [1.29, 1.82) is 0 Å². The summed E-state index contributed by atoms with van der Waals surface area (Å²) in [7, 11) is 0. The number of thioether (sulfide) groups is 3. The number of carboxylic acids is 1. The minimum atomic E-state index is -1.21. The third kappa shape index (κ3) is 5.66. The van der Waals surface area contributed by atoms with E-state index in [0.29, 0.717) is 27.8 Å². The molecule has 2 aliphatic heterocycles. The summed E-state index contributed by atoms with van der Waals surface area (Å²) < 4.78 is 0.698. The summed E-state index contributed by atoms with van der Waals surface area (Å²) in [6.45, 7) is 0. The van der Waals surface area contributed by atoms with Gasteiger partial charge in [-0.05, 0) is 11.8 Å². The second-order valence-corrected chi connectivity index (χ2v) is 11.7. The van der Waals surface area contributed by atoms with Crippen LogP contribution in [-0.4, -0.2) is 90.2 Å². The zero-order chi connectivity index (χ0) is 25.7. The smallest absolute Gasteiger partial charge is 0.352 e. The van der Waals surface area contributed by atoms with Gasteiger partial charge in [0, 0.05) is 16.9 Å². The van der Waals surface area contributed by atoms with Crippen LogP contribution in [0.3, 0.4) is 0 Å². The number of oxime groups is 1. The number of rotatable bonds is 12. The summed E-state index contributed by atoms with van der Waals surface area (Å²) in [4.78, 5) is 59.2. The SMILES string of the molecule is CSCO/N=C(\C(=O)NC1C(=O)N2C(C(=O)O)=C(CSc3nncs3)CS[C@H]12)c1csc(NC=O)n1. The number of amides is 3. The molecule has 0 spiro atoms. The van der Waals surface area contributed by atoms with E-state index >= 15 is 0 Å². The molecule has 190 valence electrons. The number of thiazole rings is 1. The molecule has 2 aliphatic rings. The Morgan fingerprint density at radius 2 is 2.25 bits per heavy atom. The van der Waals surface area contributed by atoms with Crippen molar-refractivity contribution in [2.75, 3.05) is 29.0 Å². The number of carbonyl (C=O) groups is 4. The van der Waals surface area contributed by atoms with Crippen LogP contribution in [0.2, 0.25) is 0 Å². The van der Waals surface area contributed by atoms with E-state index in [2.05, 4.69) is 31.0 Å². The van der Waals surface area contributed by atoms with E-state index in [4.69, 9.17) is 4.84 Å². The van der Waals surface area contributed by atoms with Crippen LogP contribution in [0.15, 0.2) is 31.7 Å². The maximum absolute atomic E-state index is 13.1. The molecule has 2 aromatic heterocycles. The summed E-state index contributed by atoms with van der Waals surface area (Å²) in [6.07, 6.45) is 2.25. The summed E-state index contributed by atoms with van der Waals surface area (Å²) in [5, 5.41) is 27.6. The first-order chi connectivity index (χ1) is 17.4. The highest BCUT2D eigenvalue weighted by molar-refractivity contribution is 8.01. The van der Waals surface area contributed by atoms with Crippen LogP contribution in [0.25, 0.3) is 0 Å². The number of hydrogen-bond acceptors (Lipinski definition) is 14. The topological polar surface area (TPSA) is 176 Å². The van der Waals surface area contributed by atoms with Crippen molar-refractivity contribution in [2.24, 2.45) is 5.16 Å². The van der Waals surface area contributed by atoms with Crippen molar-refractivity contribution in [3.05, 3.63) is 27.9 Å². The molecule has 2 atom stereocenters. The molecule has 3 amide bonds. The van der Waals surface area contributed by atoms with Gasteiger partial charge in [-0.1, -0.05) is 28.3 Å². The number of fused-ring (bicyclic) bond motifs is 1. The minimum absolute atomic E-state index is 0.0764. The summed E-state index contributed by atoms with van der Waals surface area (Å²) >= 11 is 6.49. The number of anilines is 1. The van der Waals surface area contributed by atoms with Crippen molar-refractivity contribution < 1.29 is 29.1 Å². The second kappa shape index (κ2) is 12.0. The van der Waals surface area contributed by atoms with Gasteiger partial charge in [-0.2, -0.15) is 0 Å². The lowest BCUT2D eigenvalue weighted by atomic mass is 10.0. The first-order valence-electron chi connectivity index (χ1n) is 9.89. The predicted octanol–water partition coefficient (Wildman–Crippen LogP) is 1.14. The van der Waals surface area contributed by atoms with Crippen LogP contribution in [0.1, 0.15) is 5.69 Å². The van der Waals surface area contributed by atoms with E-state index in [1.54, 1.807) is 11.8 Å². The van der Waals surface area contributed by atoms with Crippen LogP contribution in [0.4, 0.5) is 5.13 Å². The van der Waals surface area contributed by atoms with Gasteiger partial charge in [-0.15, -0.1) is 45.1 Å². The zero-order valence-electron chi connectivity index (χ0n) is 18.3. The average molecular weight is 588 g/mol. The Kier molecular flexibility index (Phi) is 8.83. The monoisotopic (exact) mass is 587 g/mol. The summed E-state index contributed by atoms with van der Waals surface area (Å²) in [6, 6.07) is -0.953. The summed E-state index contributed by atoms with van der Waals surface area (Å²) in [5.74, 6) is -1.56. The van der Waals surface area contributed by atoms with Crippen molar-refractivity contribution >= 4 is 93.0 Å². The number of carboxylic acid groups (broad SMARTS) is 1. The van der Waals surface area contributed by atoms with Crippen molar-refractivity contribution in [3.63, 3.8) is 0 Å². The molecule has 2 aromatic rings. The van der Waals surface area contributed by atoms with Gasteiger partial charge in [0.15, 0.2) is 21.1 Å². The molecule has 4 heterocycles. The maximum Gasteiger partial charge on any atom is 0.352 e. The number of aromatic nitrogens is 3. The van der Waals surface area contributed by atoms with Gasteiger partial charge in [0.25, 0.3) is 11.8 Å². The number of nitrogens with one attached hydrogen (secondary N) is 2. The molecule has 3 N–H and O–H groups in total. The van der Waals surface area contributed by atoms with Gasteiger partial charge in [-0.3, -0.25) is 19.3 Å². The number of aliphatic carboxylic acids is 1. The van der Waals surface area contributed by atoms with Crippen LogP contribution >= 0.6 is 58.0 Å². The number of hydrogen-bond donors (Lipinski definition) is 3. The van der Waals surface area contributed by atoms with Crippen LogP contribution in [0, 0.1) is 0 Å². The van der Waals surface area contributed by atoms with Crippen LogP contribution in [0.5, 0.6) is 0 Å². The fourth-order valence-electron chi connectivity index (χ4n) is 3.23. The third-order valence-corrected chi connectivity index (χ3v) is 9.12.